The normalized spacial score (nSPS) is 12.2. The van der Waals surface area contributed by atoms with Crippen molar-refractivity contribution in [3.63, 3.8) is 0 Å². The number of rotatable bonds is 9. The zero-order valence-electron chi connectivity index (χ0n) is 16.5. The van der Waals surface area contributed by atoms with Gasteiger partial charge in [0.25, 0.3) is 0 Å². The van der Waals surface area contributed by atoms with Crippen molar-refractivity contribution in [2.75, 3.05) is 12.8 Å². The van der Waals surface area contributed by atoms with Gasteiger partial charge in [-0.25, -0.2) is 17.8 Å². The molecule has 0 bridgehead atoms. The molecule has 0 saturated heterocycles. The molecule has 0 radical (unpaired) electrons. The van der Waals surface area contributed by atoms with Crippen LogP contribution in [0.4, 0.5) is 4.39 Å². The van der Waals surface area contributed by atoms with Crippen molar-refractivity contribution < 1.29 is 21.7 Å². The summed E-state index contributed by atoms with van der Waals surface area (Å²) in [5, 5.41) is 3.90. The van der Waals surface area contributed by atoms with E-state index in [-0.39, 0.29) is 18.4 Å². The number of hydrogen-bond acceptors (Lipinski definition) is 7. The molecule has 156 valence electrons. The Morgan fingerprint density at radius 1 is 1.14 bits per heavy atom. The maximum atomic E-state index is 13.8. The predicted octanol–water partition coefficient (Wildman–Crippen LogP) is 2.86. The van der Waals surface area contributed by atoms with Crippen LogP contribution in [0, 0.1) is 5.82 Å². The Balaban J connectivity index is 1.57. The Morgan fingerprint density at radius 2 is 1.86 bits per heavy atom. The summed E-state index contributed by atoms with van der Waals surface area (Å²) in [6, 6.07) is 6.18. The molecule has 2 heterocycles. The van der Waals surface area contributed by atoms with Crippen LogP contribution in [-0.4, -0.2) is 46.7 Å². The minimum atomic E-state index is -3.30. The van der Waals surface area contributed by atoms with Gasteiger partial charge in [0.15, 0.2) is 17.5 Å². The first kappa shape index (κ1) is 21.1. The molecule has 2 aromatic heterocycles. The van der Waals surface area contributed by atoms with Gasteiger partial charge in [-0.15, -0.1) is 0 Å². The van der Waals surface area contributed by atoms with Gasteiger partial charge >= 0.3 is 0 Å². The lowest BCUT2D eigenvalue weighted by molar-refractivity contribution is 0.347. The molecule has 10 heteroatoms. The second-order valence-electron chi connectivity index (χ2n) is 6.92. The van der Waals surface area contributed by atoms with E-state index in [1.54, 1.807) is 18.2 Å². The first-order valence-corrected chi connectivity index (χ1v) is 11.1. The Kier molecular flexibility index (Phi) is 6.43. The van der Waals surface area contributed by atoms with Gasteiger partial charge in [-0.2, -0.15) is 9.29 Å². The second-order valence-corrected chi connectivity index (χ2v) is 8.85. The summed E-state index contributed by atoms with van der Waals surface area (Å²) in [6.07, 6.45) is 3.84. The number of halogens is 1. The fourth-order valence-corrected chi connectivity index (χ4v) is 4.12. The first-order valence-electron chi connectivity index (χ1n) is 9.22. The molecule has 3 rings (SSSR count). The number of nitrogens with zero attached hydrogens (tertiary/aromatic N) is 4. The lowest BCUT2D eigenvalue weighted by Crippen LogP contribution is -2.37. The topological polar surface area (TPSA) is 102 Å². The van der Waals surface area contributed by atoms with Crippen molar-refractivity contribution in [2.45, 2.75) is 39.2 Å². The predicted molar refractivity (Wildman–Crippen MR) is 104 cm³/mol. The van der Waals surface area contributed by atoms with E-state index in [0.29, 0.717) is 48.2 Å². The largest absolute Gasteiger partial charge is 0.441 e. The quantitative estimate of drug-likeness (QED) is 0.522. The van der Waals surface area contributed by atoms with Crippen LogP contribution >= 0.6 is 0 Å². The van der Waals surface area contributed by atoms with Crippen LogP contribution in [0.25, 0.3) is 11.3 Å². The summed E-state index contributed by atoms with van der Waals surface area (Å²) in [5.41, 5.74) is 0.354. The summed E-state index contributed by atoms with van der Waals surface area (Å²) in [4.78, 5) is 8.45. The fourth-order valence-electron chi connectivity index (χ4n) is 2.94. The van der Waals surface area contributed by atoms with Crippen molar-refractivity contribution in [2.24, 2.45) is 0 Å². The molecule has 0 spiro atoms. The Bertz CT molecular complexity index is 1060. The number of sulfonamides is 1. The fraction of sp³-hybridized carbons (Fsp3) is 0.421. The van der Waals surface area contributed by atoms with Gasteiger partial charge < -0.3 is 8.94 Å². The smallest absolute Gasteiger partial charge is 0.227 e. The van der Waals surface area contributed by atoms with Gasteiger partial charge in [-0.3, -0.25) is 0 Å². The highest BCUT2D eigenvalue weighted by Crippen LogP contribution is 2.23. The standard InChI is InChI=1S/C19H23FN4O4S/c1-13(2)24(29(3,25)26)11-10-17-22-19(28-23-17)9-8-18-21-12-16(27-18)14-6-4-5-7-15(14)20/h4-7,12-13H,8-11H2,1-3H3. The van der Waals surface area contributed by atoms with Crippen LogP contribution in [0.2, 0.25) is 0 Å². The monoisotopic (exact) mass is 422 g/mol. The molecule has 0 fully saturated rings. The molecule has 3 aromatic rings. The number of aromatic nitrogens is 3. The van der Waals surface area contributed by atoms with Crippen LogP contribution in [-0.2, 0) is 29.3 Å². The molecule has 0 atom stereocenters. The third-order valence-electron chi connectivity index (χ3n) is 4.31. The molecule has 0 aliphatic carbocycles. The van der Waals surface area contributed by atoms with Crippen LogP contribution in [0.1, 0.15) is 31.5 Å². The molecule has 0 N–H and O–H groups in total. The van der Waals surface area contributed by atoms with Gasteiger partial charge in [-0.05, 0) is 26.0 Å². The minimum absolute atomic E-state index is 0.148. The van der Waals surface area contributed by atoms with Gasteiger partial charge in [0.2, 0.25) is 15.9 Å². The van der Waals surface area contributed by atoms with E-state index in [2.05, 4.69) is 15.1 Å². The van der Waals surface area contributed by atoms with Gasteiger partial charge in [0, 0.05) is 31.8 Å². The molecule has 29 heavy (non-hydrogen) atoms. The number of oxazole rings is 1. The first-order chi connectivity index (χ1) is 13.7. The van der Waals surface area contributed by atoms with E-state index in [1.165, 1.54) is 22.8 Å². The zero-order chi connectivity index (χ0) is 21.0. The van der Waals surface area contributed by atoms with E-state index in [0.717, 1.165) is 0 Å². The lowest BCUT2D eigenvalue weighted by atomic mass is 10.2. The maximum absolute atomic E-state index is 13.8. The average molecular weight is 422 g/mol. The average Bonchev–Trinajstić information content (AvgIpc) is 3.28. The SMILES string of the molecule is CC(C)N(CCc1noc(CCc2ncc(-c3ccccc3F)o2)n1)S(C)(=O)=O. The van der Waals surface area contributed by atoms with Crippen LogP contribution in [0.15, 0.2) is 39.4 Å². The van der Waals surface area contributed by atoms with Gasteiger partial charge in [0.1, 0.15) is 5.82 Å². The molecule has 0 aliphatic rings. The molecule has 0 aliphatic heterocycles. The third-order valence-corrected chi connectivity index (χ3v) is 5.77. The van der Waals surface area contributed by atoms with E-state index in [1.807, 2.05) is 13.8 Å². The number of hydrogen-bond donors (Lipinski definition) is 0. The Hall–Kier alpha value is -2.59. The van der Waals surface area contributed by atoms with Crippen LogP contribution in [0.3, 0.4) is 0 Å². The number of benzene rings is 1. The second kappa shape index (κ2) is 8.83. The van der Waals surface area contributed by atoms with Gasteiger partial charge in [0.05, 0.1) is 18.0 Å². The minimum Gasteiger partial charge on any atom is -0.441 e. The van der Waals surface area contributed by atoms with Crippen molar-refractivity contribution in [3.05, 3.63) is 53.9 Å². The summed E-state index contributed by atoms with van der Waals surface area (Å²) in [5.74, 6) is 1.26. The highest BCUT2D eigenvalue weighted by atomic mass is 32.2. The highest BCUT2D eigenvalue weighted by molar-refractivity contribution is 7.88. The highest BCUT2D eigenvalue weighted by Gasteiger charge is 2.21. The molecule has 0 unspecified atom stereocenters. The van der Waals surface area contributed by atoms with Crippen molar-refractivity contribution in [1.82, 2.24) is 19.4 Å². The Morgan fingerprint density at radius 3 is 2.55 bits per heavy atom. The summed E-state index contributed by atoms with van der Waals surface area (Å²) in [7, 11) is -3.30. The lowest BCUT2D eigenvalue weighted by Gasteiger charge is -2.23. The van der Waals surface area contributed by atoms with E-state index in [4.69, 9.17) is 8.94 Å². The van der Waals surface area contributed by atoms with E-state index < -0.39 is 10.0 Å². The molecule has 0 saturated carbocycles. The summed E-state index contributed by atoms with van der Waals surface area (Å²) < 4.78 is 49.7. The van der Waals surface area contributed by atoms with Crippen LogP contribution in [0.5, 0.6) is 0 Å². The number of aryl methyl sites for hydroxylation is 2. The molecule has 0 amide bonds. The third kappa shape index (κ3) is 5.48. The zero-order valence-corrected chi connectivity index (χ0v) is 17.3. The van der Waals surface area contributed by atoms with Crippen molar-refractivity contribution >= 4 is 10.0 Å². The van der Waals surface area contributed by atoms with Crippen molar-refractivity contribution in [1.29, 1.82) is 0 Å². The molecular weight excluding hydrogens is 399 g/mol. The van der Waals surface area contributed by atoms with Gasteiger partial charge in [-0.1, -0.05) is 17.3 Å². The van der Waals surface area contributed by atoms with E-state index >= 15 is 0 Å². The maximum Gasteiger partial charge on any atom is 0.227 e. The van der Waals surface area contributed by atoms with Crippen molar-refractivity contribution in [3.8, 4) is 11.3 Å². The summed E-state index contributed by atoms with van der Waals surface area (Å²) >= 11 is 0. The Labute approximate surface area is 168 Å². The summed E-state index contributed by atoms with van der Waals surface area (Å²) in [6.45, 7) is 3.91. The van der Waals surface area contributed by atoms with E-state index in [9.17, 15) is 12.8 Å². The van der Waals surface area contributed by atoms with Crippen LogP contribution < -0.4 is 0 Å². The molecule has 1 aromatic carbocycles. The molecule has 8 nitrogen and oxygen atoms in total. The molecular formula is C19H23FN4O4S.